The van der Waals surface area contributed by atoms with Crippen molar-refractivity contribution in [1.29, 1.82) is 0 Å². The van der Waals surface area contributed by atoms with Crippen LogP contribution in [0.5, 0.6) is 0 Å². The predicted octanol–water partition coefficient (Wildman–Crippen LogP) is 2.53. The average molecular weight is 317 g/mol. The predicted molar refractivity (Wildman–Crippen MR) is 72.5 cm³/mol. The maximum absolute atomic E-state index is 13.5. The van der Waals surface area contributed by atoms with E-state index in [9.17, 15) is 4.39 Å². The van der Waals surface area contributed by atoms with Gasteiger partial charge in [0.05, 0.1) is 16.1 Å². The van der Waals surface area contributed by atoms with Crippen molar-refractivity contribution in [2.24, 2.45) is 5.84 Å². The van der Waals surface area contributed by atoms with E-state index >= 15 is 0 Å². The molecule has 1 aromatic rings. The smallest absolute Gasteiger partial charge is 0.137 e. The van der Waals surface area contributed by atoms with Crippen LogP contribution in [0.1, 0.15) is 25.3 Å². The van der Waals surface area contributed by atoms with Crippen molar-refractivity contribution in [3.8, 4) is 0 Å². The maximum Gasteiger partial charge on any atom is 0.137 e. The van der Waals surface area contributed by atoms with E-state index in [1.54, 1.807) is 6.07 Å². The lowest BCUT2D eigenvalue weighted by Crippen LogP contribution is -2.52. The molecule has 0 bridgehead atoms. The van der Waals surface area contributed by atoms with Gasteiger partial charge in [-0.15, -0.1) is 0 Å². The van der Waals surface area contributed by atoms with E-state index in [-0.39, 0.29) is 17.5 Å². The lowest BCUT2D eigenvalue weighted by Gasteiger charge is -2.33. The van der Waals surface area contributed by atoms with Crippen molar-refractivity contribution in [2.45, 2.75) is 37.8 Å². The first kappa shape index (κ1) is 13.9. The summed E-state index contributed by atoms with van der Waals surface area (Å²) in [6.07, 6.45) is 2.64. The zero-order valence-corrected chi connectivity index (χ0v) is 12.0. The Bertz CT molecular complexity index is 421. The number of hydrogen-bond donors (Lipinski definition) is 2. The summed E-state index contributed by atoms with van der Waals surface area (Å²) < 4.78 is 19.8. The molecule has 1 heterocycles. The van der Waals surface area contributed by atoms with Crippen LogP contribution >= 0.6 is 15.9 Å². The minimum Gasteiger partial charge on any atom is -0.374 e. The third-order valence-electron chi connectivity index (χ3n) is 3.64. The van der Waals surface area contributed by atoms with Gasteiger partial charge in [-0.1, -0.05) is 12.1 Å². The van der Waals surface area contributed by atoms with Gasteiger partial charge < -0.3 is 4.74 Å². The molecule has 1 fully saturated rings. The van der Waals surface area contributed by atoms with Crippen LogP contribution in [-0.2, 0) is 11.2 Å². The largest absolute Gasteiger partial charge is 0.374 e. The SMILES string of the molecule is CC1(C(Cc2cccc(F)c2Br)NN)CCCO1. The van der Waals surface area contributed by atoms with Crippen molar-refractivity contribution in [2.75, 3.05) is 6.61 Å². The Morgan fingerprint density at radius 3 is 3.00 bits per heavy atom. The van der Waals surface area contributed by atoms with Crippen LogP contribution in [-0.4, -0.2) is 18.2 Å². The van der Waals surface area contributed by atoms with E-state index in [4.69, 9.17) is 10.6 Å². The van der Waals surface area contributed by atoms with E-state index in [1.165, 1.54) is 6.07 Å². The van der Waals surface area contributed by atoms with E-state index in [2.05, 4.69) is 28.3 Å². The van der Waals surface area contributed by atoms with Crippen molar-refractivity contribution in [3.05, 3.63) is 34.1 Å². The first-order chi connectivity index (χ1) is 8.57. The van der Waals surface area contributed by atoms with Gasteiger partial charge in [-0.25, -0.2) is 4.39 Å². The van der Waals surface area contributed by atoms with Gasteiger partial charge in [0.25, 0.3) is 0 Å². The molecule has 5 heteroatoms. The molecule has 0 radical (unpaired) electrons. The highest BCUT2D eigenvalue weighted by molar-refractivity contribution is 9.10. The number of hydrogen-bond acceptors (Lipinski definition) is 3. The van der Waals surface area contributed by atoms with Crippen LogP contribution in [0.4, 0.5) is 4.39 Å². The molecule has 2 rings (SSSR count). The van der Waals surface area contributed by atoms with Crippen molar-refractivity contribution >= 4 is 15.9 Å². The second kappa shape index (κ2) is 5.65. The Kier molecular flexibility index (Phi) is 4.37. The molecular weight excluding hydrogens is 299 g/mol. The minimum atomic E-state index is -0.277. The van der Waals surface area contributed by atoms with Gasteiger partial charge in [0.1, 0.15) is 5.82 Å². The number of hydrazine groups is 1. The standard InChI is InChI=1S/C13H18BrFN2O/c1-13(6-3-7-18-13)11(17-16)8-9-4-2-5-10(15)12(9)14/h2,4-5,11,17H,3,6-8,16H2,1H3. The molecule has 0 aliphatic carbocycles. The lowest BCUT2D eigenvalue weighted by atomic mass is 9.89. The van der Waals surface area contributed by atoms with Gasteiger partial charge in [-0.05, 0) is 53.7 Å². The molecule has 1 aliphatic heterocycles. The first-order valence-electron chi connectivity index (χ1n) is 6.10. The zero-order valence-electron chi connectivity index (χ0n) is 10.4. The molecule has 100 valence electrons. The van der Waals surface area contributed by atoms with Crippen molar-refractivity contribution in [3.63, 3.8) is 0 Å². The minimum absolute atomic E-state index is 0.0295. The van der Waals surface area contributed by atoms with Crippen molar-refractivity contribution in [1.82, 2.24) is 5.43 Å². The molecular formula is C13H18BrFN2O. The zero-order chi connectivity index (χ0) is 13.2. The Morgan fingerprint density at radius 1 is 1.61 bits per heavy atom. The highest BCUT2D eigenvalue weighted by Crippen LogP contribution is 2.31. The monoisotopic (exact) mass is 316 g/mol. The number of rotatable bonds is 4. The van der Waals surface area contributed by atoms with E-state index in [1.807, 2.05) is 6.07 Å². The fourth-order valence-electron chi connectivity index (χ4n) is 2.45. The van der Waals surface area contributed by atoms with Crippen LogP contribution < -0.4 is 11.3 Å². The molecule has 18 heavy (non-hydrogen) atoms. The van der Waals surface area contributed by atoms with Crippen molar-refractivity contribution < 1.29 is 9.13 Å². The average Bonchev–Trinajstić information content (AvgIpc) is 2.79. The molecule has 0 amide bonds. The molecule has 2 unspecified atom stereocenters. The van der Waals surface area contributed by atoms with Crippen LogP contribution in [0, 0.1) is 5.82 Å². The second-order valence-electron chi connectivity index (χ2n) is 4.90. The summed E-state index contributed by atoms with van der Waals surface area (Å²) in [5.41, 5.74) is 3.43. The third kappa shape index (κ3) is 2.74. The molecule has 3 nitrogen and oxygen atoms in total. The Morgan fingerprint density at radius 2 is 2.39 bits per heavy atom. The third-order valence-corrected chi connectivity index (χ3v) is 4.53. The van der Waals surface area contributed by atoms with Gasteiger partial charge in [-0.3, -0.25) is 11.3 Å². The van der Waals surface area contributed by atoms with Gasteiger partial charge in [0.2, 0.25) is 0 Å². The summed E-state index contributed by atoms with van der Waals surface area (Å²) in [5.74, 6) is 5.39. The van der Waals surface area contributed by atoms with Gasteiger partial charge in [-0.2, -0.15) is 0 Å². The number of halogens is 2. The summed E-state index contributed by atoms with van der Waals surface area (Å²) in [5, 5.41) is 0. The van der Waals surface area contributed by atoms with Crippen LogP contribution in [0.25, 0.3) is 0 Å². The highest BCUT2D eigenvalue weighted by atomic mass is 79.9. The van der Waals surface area contributed by atoms with Gasteiger partial charge >= 0.3 is 0 Å². The molecule has 1 aliphatic rings. The Balaban J connectivity index is 2.17. The Hall–Kier alpha value is -0.490. The lowest BCUT2D eigenvalue weighted by molar-refractivity contribution is -0.0115. The Labute approximate surface area is 115 Å². The van der Waals surface area contributed by atoms with Crippen LogP contribution in [0.3, 0.4) is 0 Å². The van der Waals surface area contributed by atoms with Gasteiger partial charge in [0, 0.05) is 6.61 Å². The van der Waals surface area contributed by atoms with Gasteiger partial charge in [0.15, 0.2) is 0 Å². The summed E-state index contributed by atoms with van der Waals surface area (Å²) in [6, 6.07) is 5.02. The summed E-state index contributed by atoms with van der Waals surface area (Å²) in [6.45, 7) is 2.82. The second-order valence-corrected chi connectivity index (χ2v) is 5.69. The number of ether oxygens (including phenoxy) is 1. The molecule has 1 saturated heterocycles. The van der Waals surface area contributed by atoms with Crippen LogP contribution in [0.15, 0.2) is 22.7 Å². The fourth-order valence-corrected chi connectivity index (χ4v) is 2.88. The molecule has 3 N–H and O–H groups in total. The normalized spacial score (nSPS) is 25.3. The summed E-state index contributed by atoms with van der Waals surface area (Å²) >= 11 is 3.28. The number of nitrogens with one attached hydrogen (secondary N) is 1. The number of nitrogens with two attached hydrogens (primary N) is 1. The molecule has 1 aromatic carbocycles. The number of benzene rings is 1. The maximum atomic E-state index is 13.5. The fraction of sp³-hybridized carbons (Fsp3) is 0.538. The summed E-state index contributed by atoms with van der Waals surface area (Å²) in [4.78, 5) is 0. The topological polar surface area (TPSA) is 47.3 Å². The first-order valence-corrected chi connectivity index (χ1v) is 6.89. The molecule has 0 spiro atoms. The molecule has 2 atom stereocenters. The molecule has 0 saturated carbocycles. The van der Waals surface area contributed by atoms with E-state index < -0.39 is 0 Å². The quantitative estimate of drug-likeness (QED) is 0.663. The van der Waals surface area contributed by atoms with E-state index in [0.717, 1.165) is 25.0 Å². The summed E-state index contributed by atoms with van der Waals surface area (Å²) in [7, 11) is 0. The highest BCUT2D eigenvalue weighted by Gasteiger charge is 2.38. The molecule has 0 aromatic heterocycles. The van der Waals surface area contributed by atoms with Crippen LogP contribution in [0.2, 0.25) is 0 Å². The van der Waals surface area contributed by atoms with E-state index in [0.29, 0.717) is 10.9 Å².